The van der Waals surface area contributed by atoms with E-state index in [1.165, 1.54) is 0 Å². The zero-order chi connectivity index (χ0) is 8.20. The van der Waals surface area contributed by atoms with Gasteiger partial charge in [-0.2, -0.15) is 0 Å². The molecule has 0 aliphatic rings. The van der Waals surface area contributed by atoms with E-state index in [4.69, 9.17) is 5.11 Å². The molecule has 0 aromatic rings. The Balaban J connectivity index is 0. The zero-order valence-electron chi connectivity index (χ0n) is 7.39. The van der Waals surface area contributed by atoms with Crippen molar-refractivity contribution in [1.82, 2.24) is 0 Å². The number of hydrogen-bond acceptors (Lipinski definition) is 3. The van der Waals surface area contributed by atoms with Crippen LogP contribution in [-0.2, 0) is 4.79 Å². The predicted octanol–water partition coefficient (Wildman–Crippen LogP) is -3.32. The van der Waals surface area contributed by atoms with Gasteiger partial charge in [-0.1, -0.05) is 0 Å². The fourth-order valence-corrected chi connectivity index (χ4v) is 0.665. The number of aliphatic hydroxyl groups is 1. The molecule has 0 amide bonds. The summed E-state index contributed by atoms with van der Waals surface area (Å²) in [7, 11) is 0. The third-order valence-electron chi connectivity index (χ3n) is 1.17. The van der Waals surface area contributed by atoms with E-state index >= 15 is 0 Å². The Bertz CT molecular complexity index is 117. The molecule has 1 N–H and O–H groups in total. The van der Waals surface area contributed by atoms with Gasteiger partial charge in [0, 0.05) is 5.97 Å². The van der Waals surface area contributed by atoms with Crippen LogP contribution in [0.5, 0.6) is 0 Å². The Labute approximate surface area is 79.0 Å². The van der Waals surface area contributed by atoms with Gasteiger partial charge in [0.05, 0.1) is 5.60 Å². The van der Waals surface area contributed by atoms with E-state index in [2.05, 4.69) is 0 Å². The number of rotatable bonds is 4. The average molecular weight is 152 g/mol. The molecule has 0 spiro atoms. The summed E-state index contributed by atoms with van der Waals surface area (Å²) in [6.45, 7) is 3.31. The smallest absolute Gasteiger partial charge is 0.550 e. The van der Waals surface area contributed by atoms with Crippen molar-refractivity contribution in [2.75, 3.05) is 0 Å². The van der Waals surface area contributed by atoms with Crippen LogP contribution in [0.25, 0.3) is 0 Å². The van der Waals surface area contributed by atoms with E-state index < -0.39 is 11.6 Å². The Morgan fingerprint density at radius 3 is 2.27 bits per heavy atom. The van der Waals surface area contributed by atoms with E-state index in [-0.39, 0.29) is 25.3 Å². The van der Waals surface area contributed by atoms with Crippen molar-refractivity contribution in [3.05, 3.63) is 0 Å². The van der Waals surface area contributed by atoms with Crippen LogP contribution >= 0.6 is 0 Å². The van der Waals surface area contributed by atoms with Gasteiger partial charge in [-0.25, -0.2) is 0 Å². The summed E-state index contributed by atoms with van der Waals surface area (Å²) in [5.41, 5.74) is -0.755. The fourth-order valence-electron chi connectivity index (χ4n) is 0.665. The maximum Gasteiger partial charge on any atom is 1.00 e. The molecule has 0 saturated carbocycles. The van der Waals surface area contributed by atoms with Crippen molar-refractivity contribution in [2.24, 2.45) is 0 Å². The van der Waals surface area contributed by atoms with Crippen molar-refractivity contribution in [3.8, 4) is 0 Å². The summed E-state index contributed by atoms with van der Waals surface area (Å²) < 4.78 is 0. The SMILES string of the molecule is CC(C)(O)CCCC(=O)[O-].[Li+]. The van der Waals surface area contributed by atoms with Crippen molar-refractivity contribution in [2.45, 2.75) is 38.7 Å². The number of carboxylic acids is 1. The predicted molar refractivity (Wildman–Crippen MR) is 35.2 cm³/mol. The molecular weight excluding hydrogens is 139 g/mol. The molecule has 0 aromatic carbocycles. The molecule has 0 aliphatic carbocycles. The number of carbonyl (C=O) groups excluding carboxylic acids is 1. The number of hydrogen-bond donors (Lipinski definition) is 1. The fraction of sp³-hybridized carbons (Fsp3) is 0.857. The van der Waals surface area contributed by atoms with Gasteiger partial charge in [0.15, 0.2) is 0 Å². The summed E-state index contributed by atoms with van der Waals surface area (Å²) in [6, 6.07) is 0. The molecule has 0 saturated heterocycles. The Hall–Kier alpha value is 0.0274. The molecule has 0 aliphatic heterocycles. The molecule has 60 valence electrons. The largest absolute Gasteiger partial charge is 1.00 e. The standard InChI is InChI=1S/C7H14O3.Li/c1-7(2,10)5-3-4-6(8)9;/h10H,3-5H2,1-2H3,(H,8,9);/q;+1/p-1. The second-order valence-corrected chi connectivity index (χ2v) is 3.04. The zero-order valence-corrected chi connectivity index (χ0v) is 7.39. The first kappa shape index (κ1) is 13.6. The van der Waals surface area contributed by atoms with Crippen LogP contribution < -0.4 is 24.0 Å². The molecule has 0 bridgehead atoms. The van der Waals surface area contributed by atoms with Crippen molar-refractivity contribution in [1.29, 1.82) is 0 Å². The Kier molecular flexibility index (Phi) is 6.99. The molecule has 11 heavy (non-hydrogen) atoms. The molecule has 0 heterocycles. The van der Waals surface area contributed by atoms with Crippen molar-refractivity contribution >= 4 is 5.97 Å². The third-order valence-corrected chi connectivity index (χ3v) is 1.17. The van der Waals surface area contributed by atoms with Gasteiger partial charge >= 0.3 is 18.9 Å². The second kappa shape index (κ2) is 5.65. The third kappa shape index (κ3) is 13.1. The monoisotopic (exact) mass is 152 g/mol. The molecule has 0 aromatic heterocycles. The van der Waals surface area contributed by atoms with E-state index in [0.29, 0.717) is 12.8 Å². The molecule has 0 unspecified atom stereocenters. The summed E-state index contributed by atoms with van der Waals surface area (Å²) >= 11 is 0. The summed E-state index contributed by atoms with van der Waals surface area (Å²) in [5.74, 6) is -1.05. The minimum absolute atomic E-state index is 0. The van der Waals surface area contributed by atoms with Gasteiger partial charge in [0.25, 0.3) is 0 Å². The van der Waals surface area contributed by atoms with Crippen LogP contribution in [0.1, 0.15) is 33.1 Å². The van der Waals surface area contributed by atoms with Gasteiger partial charge < -0.3 is 15.0 Å². The first-order chi connectivity index (χ1) is 4.42. The molecule has 4 heteroatoms. The number of aliphatic carboxylic acids is 1. The van der Waals surface area contributed by atoms with Crippen LogP contribution in [0, 0.1) is 0 Å². The molecular formula is C7H13LiO3. The van der Waals surface area contributed by atoms with Crippen LogP contribution in [0.15, 0.2) is 0 Å². The van der Waals surface area contributed by atoms with E-state index in [9.17, 15) is 9.90 Å². The van der Waals surface area contributed by atoms with E-state index in [1.54, 1.807) is 13.8 Å². The van der Waals surface area contributed by atoms with Gasteiger partial charge in [-0.05, 0) is 33.1 Å². The topological polar surface area (TPSA) is 60.4 Å². The maximum absolute atomic E-state index is 9.89. The first-order valence-electron chi connectivity index (χ1n) is 3.34. The second-order valence-electron chi connectivity index (χ2n) is 3.04. The molecule has 0 atom stereocenters. The van der Waals surface area contributed by atoms with Crippen LogP contribution in [0.4, 0.5) is 0 Å². The maximum atomic E-state index is 9.89. The molecule has 0 radical (unpaired) electrons. The Morgan fingerprint density at radius 1 is 1.55 bits per heavy atom. The van der Waals surface area contributed by atoms with Crippen LogP contribution in [-0.4, -0.2) is 16.7 Å². The van der Waals surface area contributed by atoms with Gasteiger partial charge in [-0.3, -0.25) is 0 Å². The summed E-state index contributed by atoms with van der Waals surface area (Å²) in [6.07, 6.45) is 1.01. The molecule has 0 fully saturated rings. The van der Waals surface area contributed by atoms with Crippen LogP contribution in [0.2, 0.25) is 0 Å². The van der Waals surface area contributed by atoms with Gasteiger partial charge in [0.2, 0.25) is 0 Å². The van der Waals surface area contributed by atoms with E-state index in [0.717, 1.165) is 0 Å². The van der Waals surface area contributed by atoms with Gasteiger partial charge in [0.1, 0.15) is 0 Å². The molecule has 3 nitrogen and oxygen atoms in total. The molecule has 0 rings (SSSR count). The van der Waals surface area contributed by atoms with E-state index in [1.807, 2.05) is 0 Å². The van der Waals surface area contributed by atoms with Gasteiger partial charge in [-0.15, -0.1) is 0 Å². The number of carboxylic acid groups (broad SMARTS) is 1. The first-order valence-corrected chi connectivity index (χ1v) is 3.34. The van der Waals surface area contributed by atoms with Crippen molar-refractivity contribution < 1.29 is 33.9 Å². The van der Waals surface area contributed by atoms with Crippen LogP contribution in [0.3, 0.4) is 0 Å². The average Bonchev–Trinajstić information content (AvgIpc) is 1.59. The Morgan fingerprint density at radius 2 is 2.00 bits per heavy atom. The minimum atomic E-state index is -1.05. The quantitative estimate of drug-likeness (QED) is 0.429. The normalized spacial score (nSPS) is 10.5. The number of carbonyl (C=O) groups is 1. The summed E-state index contributed by atoms with van der Waals surface area (Å²) in [5, 5.41) is 19.0. The summed E-state index contributed by atoms with van der Waals surface area (Å²) in [4.78, 5) is 9.89. The van der Waals surface area contributed by atoms with Crippen molar-refractivity contribution in [3.63, 3.8) is 0 Å². The minimum Gasteiger partial charge on any atom is -0.550 e.